The van der Waals surface area contributed by atoms with Gasteiger partial charge in [-0.2, -0.15) is 0 Å². The van der Waals surface area contributed by atoms with Gasteiger partial charge >= 0.3 is 0 Å². The topological polar surface area (TPSA) is 21.3 Å². The molecule has 0 fully saturated rings. The minimum absolute atomic E-state index is 0. The Bertz CT molecular complexity index is 3590. The highest BCUT2D eigenvalue weighted by atomic mass is 16.3. The molecule has 0 saturated carbocycles. The normalized spacial score (nSPS) is 11.1. The zero-order valence-corrected chi connectivity index (χ0v) is 34.4. The smallest absolute Gasteiger partial charge is 0.137 e. The molecule has 0 amide bonds. The Morgan fingerprint density at radius 2 is 0.846 bits per heavy atom. The Kier molecular flexibility index (Phi) is 10.7. The van der Waals surface area contributed by atoms with E-state index in [-0.39, 0.29) is 14.9 Å². The molecule has 0 aliphatic heterocycles. The van der Waals surface area contributed by atoms with Crippen LogP contribution in [0.15, 0.2) is 247 Å². The fraction of sp³-hybridized carbons (Fsp3) is 0.0323. The van der Waals surface area contributed by atoms with E-state index >= 15 is 0 Å². The number of para-hydroxylation sites is 2. The van der Waals surface area contributed by atoms with Crippen molar-refractivity contribution in [1.29, 1.82) is 0 Å². The number of fused-ring (bicyclic) bond motifs is 6. The molecule has 10 aromatic carbocycles. The van der Waals surface area contributed by atoms with Crippen LogP contribution < -0.4 is 4.90 Å². The summed E-state index contributed by atoms with van der Waals surface area (Å²) in [7, 11) is 0. The third-order valence-electron chi connectivity index (χ3n) is 12.4. The van der Waals surface area contributed by atoms with Crippen molar-refractivity contribution >= 4 is 60.8 Å². The summed E-state index contributed by atoms with van der Waals surface area (Å²) in [6, 6.07) is 87.1. The van der Waals surface area contributed by atoms with Crippen LogP contribution in [0.25, 0.3) is 93.9 Å². The van der Waals surface area contributed by atoms with Crippen molar-refractivity contribution in [3.8, 4) is 50.2 Å². The molecule has 3 heteroatoms. The standard InChI is InChI=1S/C60H40N2O.2CH4/c1-5-16-41(17-6-1)43-28-33-49(34-29-43)62(57-40-47(42-18-7-2-8-19-42)30-35-50(57)44-20-9-3-10-21-44)56-26-15-27-59-60(56)53-39-46(32-37-58(53)63-59)45-31-36-55-52(38-45)51-24-13-14-25-54(51)61(55)48-22-11-4-12-23-48;;/h1-40H;2*1H4. The highest BCUT2D eigenvalue weighted by Gasteiger charge is 2.23. The van der Waals surface area contributed by atoms with Gasteiger partial charge in [0, 0.05) is 33.1 Å². The van der Waals surface area contributed by atoms with E-state index in [9.17, 15) is 0 Å². The van der Waals surface area contributed by atoms with Crippen LogP contribution in [0.4, 0.5) is 17.1 Å². The van der Waals surface area contributed by atoms with Gasteiger partial charge in [0.15, 0.2) is 0 Å². The van der Waals surface area contributed by atoms with Crippen LogP contribution in [-0.2, 0) is 0 Å². The predicted molar refractivity (Wildman–Crippen MR) is 278 cm³/mol. The molecule has 0 aliphatic carbocycles. The molecular weight excluding hydrogens is 789 g/mol. The van der Waals surface area contributed by atoms with E-state index in [1.165, 1.54) is 38.5 Å². The van der Waals surface area contributed by atoms with Crippen LogP contribution in [0.2, 0.25) is 0 Å². The summed E-state index contributed by atoms with van der Waals surface area (Å²) in [5.41, 5.74) is 17.6. The van der Waals surface area contributed by atoms with Crippen molar-refractivity contribution in [2.75, 3.05) is 4.90 Å². The summed E-state index contributed by atoms with van der Waals surface area (Å²) in [6.45, 7) is 0. The summed E-state index contributed by atoms with van der Waals surface area (Å²) in [6.07, 6.45) is 0. The molecule has 0 saturated heterocycles. The number of benzene rings is 10. The lowest BCUT2D eigenvalue weighted by molar-refractivity contribution is 0.669. The summed E-state index contributed by atoms with van der Waals surface area (Å²) in [5, 5.41) is 4.58. The largest absolute Gasteiger partial charge is 0.456 e. The SMILES string of the molecule is C.C.c1ccc(-c2ccc(N(c3cc(-c4ccccc4)ccc3-c3ccccc3)c3cccc4oc5ccc(-c6ccc7c(c6)c6ccccc6n7-c6ccccc6)cc5c34)cc2)cc1. The lowest BCUT2D eigenvalue weighted by Crippen LogP contribution is -2.12. The van der Waals surface area contributed by atoms with Gasteiger partial charge in [-0.3, -0.25) is 0 Å². The maximum atomic E-state index is 6.74. The minimum Gasteiger partial charge on any atom is -0.456 e. The summed E-state index contributed by atoms with van der Waals surface area (Å²) in [4.78, 5) is 2.43. The Morgan fingerprint density at radius 1 is 0.323 bits per heavy atom. The Morgan fingerprint density at radius 3 is 1.55 bits per heavy atom. The van der Waals surface area contributed by atoms with Gasteiger partial charge in [-0.15, -0.1) is 0 Å². The van der Waals surface area contributed by atoms with Gasteiger partial charge in [0.2, 0.25) is 0 Å². The molecule has 65 heavy (non-hydrogen) atoms. The Balaban J connectivity index is 0.00000249. The van der Waals surface area contributed by atoms with Crippen LogP contribution in [0, 0.1) is 0 Å². The molecule has 2 heterocycles. The van der Waals surface area contributed by atoms with E-state index in [1.807, 2.05) is 0 Å². The monoisotopic (exact) mass is 836 g/mol. The molecule has 12 aromatic rings. The highest BCUT2D eigenvalue weighted by molar-refractivity contribution is 6.15. The first-order valence-corrected chi connectivity index (χ1v) is 21.5. The molecule has 0 unspecified atom stereocenters. The first-order valence-electron chi connectivity index (χ1n) is 21.5. The van der Waals surface area contributed by atoms with E-state index < -0.39 is 0 Å². The minimum atomic E-state index is 0. The molecule has 12 rings (SSSR count). The highest BCUT2D eigenvalue weighted by Crippen LogP contribution is 2.48. The zero-order valence-electron chi connectivity index (χ0n) is 34.4. The van der Waals surface area contributed by atoms with Gasteiger partial charge in [0.05, 0.1) is 27.8 Å². The van der Waals surface area contributed by atoms with Gasteiger partial charge in [0.25, 0.3) is 0 Å². The van der Waals surface area contributed by atoms with Crippen LogP contribution in [-0.4, -0.2) is 4.57 Å². The van der Waals surface area contributed by atoms with E-state index in [1.54, 1.807) is 0 Å². The molecule has 0 atom stereocenters. The summed E-state index contributed by atoms with van der Waals surface area (Å²) >= 11 is 0. The van der Waals surface area contributed by atoms with Crippen molar-refractivity contribution in [2.45, 2.75) is 14.9 Å². The van der Waals surface area contributed by atoms with Crippen molar-refractivity contribution in [3.63, 3.8) is 0 Å². The molecule has 0 spiro atoms. The molecular formula is C62H48N2O. The second-order valence-corrected chi connectivity index (χ2v) is 16.1. The van der Waals surface area contributed by atoms with Gasteiger partial charge in [-0.05, 0) is 112 Å². The summed E-state index contributed by atoms with van der Waals surface area (Å²) < 4.78 is 9.11. The number of aromatic nitrogens is 1. The fourth-order valence-electron chi connectivity index (χ4n) is 9.41. The van der Waals surface area contributed by atoms with E-state index in [2.05, 4.69) is 252 Å². The lowest BCUT2D eigenvalue weighted by atomic mass is 9.96. The number of hydrogen-bond acceptors (Lipinski definition) is 2. The van der Waals surface area contributed by atoms with Gasteiger partial charge in [-0.25, -0.2) is 0 Å². The number of anilines is 3. The van der Waals surface area contributed by atoms with Gasteiger partial charge < -0.3 is 13.9 Å². The third-order valence-corrected chi connectivity index (χ3v) is 12.4. The average Bonchev–Trinajstić information content (AvgIpc) is 3.91. The Labute approximate surface area is 380 Å². The Hall–Kier alpha value is -8.40. The first-order chi connectivity index (χ1) is 31.2. The molecule has 3 nitrogen and oxygen atoms in total. The van der Waals surface area contributed by atoms with Gasteiger partial charge in [0.1, 0.15) is 11.2 Å². The zero-order chi connectivity index (χ0) is 41.7. The van der Waals surface area contributed by atoms with E-state index in [0.29, 0.717) is 0 Å². The second kappa shape index (κ2) is 17.0. The number of hydrogen-bond donors (Lipinski definition) is 0. The maximum absolute atomic E-state index is 6.74. The summed E-state index contributed by atoms with van der Waals surface area (Å²) in [5.74, 6) is 0. The quantitative estimate of drug-likeness (QED) is 0.152. The molecule has 2 aromatic heterocycles. The molecule has 0 bridgehead atoms. The van der Waals surface area contributed by atoms with Crippen LogP contribution in [0.1, 0.15) is 14.9 Å². The first kappa shape index (κ1) is 40.7. The number of furan rings is 1. The molecule has 0 N–H and O–H groups in total. The average molecular weight is 837 g/mol. The van der Waals surface area contributed by atoms with Crippen molar-refractivity contribution < 1.29 is 4.42 Å². The van der Waals surface area contributed by atoms with Crippen LogP contribution in [0.3, 0.4) is 0 Å². The van der Waals surface area contributed by atoms with Crippen molar-refractivity contribution in [3.05, 3.63) is 243 Å². The van der Waals surface area contributed by atoms with Gasteiger partial charge in [-0.1, -0.05) is 185 Å². The maximum Gasteiger partial charge on any atom is 0.137 e. The second-order valence-electron chi connectivity index (χ2n) is 16.1. The van der Waals surface area contributed by atoms with Crippen molar-refractivity contribution in [1.82, 2.24) is 4.57 Å². The lowest BCUT2D eigenvalue weighted by Gasteiger charge is -2.29. The number of nitrogens with zero attached hydrogens (tertiary/aromatic N) is 2. The number of rotatable bonds is 8. The molecule has 0 radical (unpaired) electrons. The van der Waals surface area contributed by atoms with Crippen LogP contribution >= 0.6 is 0 Å². The van der Waals surface area contributed by atoms with Crippen LogP contribution in [0.5, 0.6) is 0 Å². The van der Waals surface area contributed by atoms with E-state index in [4.69, 9.17) is 4.42 Å². The molecule has 0 aliphatic rings. The molecule has 312 valence electrons. The third kappa shape index (κ3) is 7.14. The van der Waals surface area contributed by atoms with E-state index in [0.717, 1.165) is 72.5 Å². The predicted octanol–water partition coefficient (Wildman–Crippen LogP) is 18.1. The van der Waals surface area contributed by atoms with Crippen molar-refractivity contribution in [2.24, 2.45) is 0 Å². The fourth-order valence-corrected chi connectivity index (χ4v) is 9.41.